The molecular weight excluding hydrogens is 114 g/mol. The molecule has 7 heavy (non-hydrogen) atoms. The first-order chi connectivity index (χ1) is 2.91. The highest BCUT2D eigenvalue weighted by Crippen LogP contribution is 2.14. The number of carbonyl (C=O) groups is 1. The maximum absolute atomic E-state index is 8.58. The Labute approximate surface area is 49.5 Å². The van der Waals surface area contributed by atoms with Gasteiger partial charge in [0.05, 0.1) is 0 Å². The minimum Gasteiger partial charge on any atom is -0.372 e. The quantitative estimate of drug-likeness (QED) is 0.474. The zero-order valence-corrected chi connectivity index (χ0v) is 4.91. The first-order valence-electron chi connectivity index (χ1n) is 2.07. The molecule has 0 aromatic heterocycles. The van der Waals surface area contributed by atoms with Crippen molar-refractivity contribution in [2.45, 2.75) is 19.3 Å². The first kappa shape index (κ1) is 9.90. The number of primary amides is 1. The van der Waals surface area contributed by atoms with Crippen LogP contribution in [0.4, 0.5) is 0 Å². The van der Waals surface area contributed by atoms with E-state index in [0.29, 0.717) is 0 Å². The van der Waals surface area contributed by atoms with Gasteiger partial charge in [0.2, 0.25) is 6.41 Å². The van der Waals surface area contributed by atoms with Crippen molar-refractivity contribution in [3.05, 3.63) is 0 Å². The van der Waals surface area contributed by atoms with Crippen LogP contribution in [-0.2, 0) is 4.79 Å². The standard InChI is InChI=1S/C3H6.CH3NO.ClH/c1-2-3-1;2-1-3;/h1-3H2;1H,(H2,2,3);1H. The van der Waals surface area contributed by atoms with Crippen LogP contribution < -0.4 is 5.73 Å². The number of carbonyl (C=O) groups excluding carboxylic acids is 1. The molecule has 0 unspecified atom stereocenters. The fourth-order valence-corrected chi connectivity index (χ4v) is 0. The van der Waals surface area contributed by atoms with E-state index in [0.717, 1.165) is 0 Å². The fraction of sp³-hybridized carbons (Fsp3) is 0.750. The van der Waals surface area contributed by atoms with Crippen molar-refractivity contribution in [3.8, 4) is 0 Å². The second kappa shape index (κ2) is 9.23. The van der Waals surface area contributed by atoms with E-state index in [9.17, 15) is 0 Å². The zero-order chi connectivity index (χ0) is 4.83. The van der Waals surface area contributed by atoms with Crippen LogP contribution in [0, 0.1) is 0 Å². The second-order valence-corrected chi connectivity index (χ2v) is 1.20. The van der Waals surface area contributed by atoms with Crippen molar-refractivity contribution in [2.75, 3.05) is 0 Å². The lowest BCUT2D eigenvalue weighted by Gasteiger charge is -1.32. The van der Waals surface area contributed by atoms with Crippen molar-refractivity contribution >= 4 is 18.8 Å². The van der Waals surface area contributed by atoms with Gasteiger partial charge in [0.1, 0.15) is 0 Å². The molecule has 0 aromatic rings. The molecule has 1 saturated carbocycles. The number of hydrogen-bond donors (Lipinski definition) is 1. The lowest BCUT2D eigenvalue weighted by molar-refractivity contribution is -0.106. The fourth-order valence-electron chi connectivity index (χ4n) is 0. The Hall–Kier alpha value is -0.240. The average Bonchev–Trinajstić information content (AvgIpc) is 2.11. The summed E-state index contributed by atoms with van der Waals surface area (Å²) < 4.78 is 0. The molecule has 0 bridgehead atoms. The second-order valence-electron chi connectivity index (χ2n) is 1.20. The Balaban J connectivity index is 0. The van der Waals surface area contributed by atoms with Crippen LogP contribution in [-0.4, -0.2) is 6.41 Å². The summed E-state index contributed by atoms with van der Waals surface area (Å²) in [7, 11) is 0. The Bertz CT molecular complexity index is 35.9. The van der Waals surface area contributed by atoms with E-state index in [1.165, 1.54) is 19.3 Å². The van der Waals surface area contributed by atoms with Gasteiger partial charge in [-0.1, -0.05) is 19.3 Å². The molecule has 0 spiro atoms. The molecule has 0 atom stereocenters. The van der Waals surface area contributed by atoms with Gasteiger partial charge in [0.25, 0.3) is 0 Å². The molecule has 1 aliphatic rings. The molecule has 1 rings (SSSR count). The van der Waals surface area contributed by atoms with Crippen molar-refractivity contribution in [1.82, 2.24) is 0 Å². The normalized spacial score (nSPS) is 12.0. The van der Waals surface area contributed by atoms with E-state index < -0.39 is 0 Å². The molecule has 0 heterocycles. The van der Waals surface area contributed by atoms with Crippen LogP contribution in [0.2, 0.25) is 0 Å². The Morgan fingerprint density at radius 2 is 1.43 bits per heavy atom. The van der Waals surface area contributed by atoms with Gasteiger partial charge in [-0.2, -0.15) is 0 Å². The van der Waals surface area contributed by atoms with Crippen LogP contribution in [0.5, 0.6) is 0 Å². The maximum Gasteiger partial charge on any atom is 0.204 e. The van der Waals surface area contributed by atoms with Crippen LogP contribution in [0.1, 0.15) is 19.3 Å². The third-order valence-corrected chi connectivity index (χ3v) is 0.354. The molecular formula is C4H10ClNO. The smallest absolute Gasteiger partial charge is 0.204 e. The van der Waals surface area contributed by atoms with Crippen molar-refractivity contribution in [1.29, 1.82) is 0 Å². The monoisotopic (exact) mass is 123 g/mol. The van der Waals surface area contributed by atoms with Gasteiger partial charge < -0.3 is 5.73 Å². The minimum atomic E-state index is 0. The predicted octanol–water partition coefficient (Wildman–Crippen LogP) is 0.694. The molecule has 0 aliphatic heterocycles. The Kier molecular flexibility index (Phi) is 13.1. The first-order valence-corrected chi connectivity index (χ1v) is 2.07. The summed E-state index contributed by atoms with van der Waals surface area (Å²) in [6.45, 7) is 0. The number of rotatable bonds is 0. The van der Waals surface area contributed by atoms with Crippen LogP contribution >= 0.6 is 12.4 Å². The van der Waals surface area contributed by atoms with Gasteiger partial charge in [-0.25, -0.2) is 0 Å². The van der Waals surface area contributed by atoms with Gasteiger partial charge in [0.15, 0.2) is 0 Å². The number of amides is 1. The van der Waals surface area contributed by atoms with Gasteiger partial charge in [-0.15, -0.1) is 12.4 Å². The summed E-state index contributed by atoms with van der Waals surface area (Å²) in [5.41, 5.74) is 4.17. The molecule has 2 nitrogen and oxygen atoms in total. The number of hydrogen-bond acceptors (Lipinski definition) is 1. The topological polar surface area (TPSA) is 43.1 Å². The number of nitrogens with two attached hydrogens (primary N) is 1. The highest BCUT2D eigenvalue weighted by atomic mass is 35.5. The van der Waals surface area contributed by atoms with Crippen molar-refractivity contribution in [3.63, 3.8) is 0 Å². The number of halogens is 1. The van der Waals surface area contributed by atoms with E-state index in [1.54, 1.807) is 0 Å². The highest BCUT2D eigenvalue weighted by Gasteiger charge is 1.95. The third-order valence-electron chi connectivity index (χ3n) is 0.354. The Morgan fingerprint density at radius 3 is 1.43 bits per heavy atom. The molecule has 1 amide bonds. The van der Waals surface area contributed by atoms with Crippen molar-refractivity contribution in [2.24, 2.45) is 5.73 Å². The largest absolute Gasteiger partial charge is 0.372 e. The van der Waals surface area contributed by atoms with Crippen LogP contribution in [0.15, 0.2) is 0 Å². The summed E-state index contributed by atoms with van der Waals surface area (Å²) in [6, 6.07) is 0. The molecule has 0 radical (unpaired) electrons. The average molecular weight is 124 g/mol. The summed E-state index contributed by atoms with van der Waals surface area (Å²) in [5, 5.41) is 0. The van der Waals surface area contributed by atoms with Crippen molar-refractivity contribution < 1.29 is 4.79 Å². The molecule has 44 valence electrons. The van der Waals surface area contributed by atoms with E-state index in [4.69, 9.17) is 4.79 Å². The third kappa shape index (κ3) is 141. The molecule has 1 aliphatic carbocycles. The maximum atomic E-state index is 8.58. The predicted molar refractivity (Wildman–Crippen MR) is 31.4 cm³/mol. The highest BCUT2D eigenvalue weighted by molar-refractivity contribution is 5.85. The van der Waals surface area contributed by atoms with E-state index >= 15 is 0 Å². The van der Waals surface area contributed by atoms with Crippen LogP contribution in [0.25, 0.3) is 0 Å². The molecule has 2 N–H and O–H groups in total. The van der Waals surface area contributed by atoms with Gasteiger partial charge in [0, 0.05) is 0 Å². The van der Waals surface area contributed by atoms with E-state index in [1.807, 2.05) is 0 Å². The Morgan fingerprint density at radius 1 is 1.29 bits per heavy atom. The van der Waals surface area contributed by atoms with Gasteiger partial charge in [-0.3, -0.25) is 4.79 Å². The summed E-state index contributed by atoms with van der Waals surface area (Å²) in [4.78, 5) is 8.58. The van der Waals surface area contributed by atoms with Gasteiger partial charge >= 0.3 is 0 Å². The molecule has 1 fully saturated rings. The SMILES string of the molecule is C1CC1.Cl.NC=O. The zero-order valence-electron chi connectivity index (χ0n) is 4.09. The summed E-state index contributed by atoms with van der Waals surface area (Å²) in [5.74, 6) is 0. The molecule has 3 heteroatoms. The molecule has 0 aromatic carbocycles. The lowest BCUT2D eigenvalue weighted by Crippen LogP contribution is -1.82. The lowest BCUT2D eigenvalue weighted by atomic mass is 11.0. The van der Waals surface area contributed by atoms with E-state index in [-0.39, 0.29) is 18.8 Å². The van der Waals surface area contributed by atoms with Crippen LogP contribution in [0.3, 0.4) is 0 Å². The molecule has 0 saturated heterocycles. The minimum absolute atomic E-state index is 0. The summed E-state index contributed by atoms with van der Waals surface area (Å²) in [6.07, 6.45) is 4.75. The van der Waals surface area contributed by atoms with E-state index in [2.05, 4.69) is 5.73 Å². The van der Waals surface area contributed by atoms with Gasteiger partial charge in [-0.05, 0) is 0 Å². The summed E-state index contributed by atoms with van der Waals surface area (Å²) >= 11 is 0.